The molecule has 2 aromatic rings. The van der Waals surface area contributed by atoms with Crippen LogP contribution < -0.4 is 10.1 Å². The summed E-state index contributed by atoms with van der Waals surface area (Å²) >= 11 is 0. The maximum atomic E-state index is 12.3. The molecule has 0 saturated carbocycles. The molecule has 0 saturated heterocycles. The monoisotopic (exact) mass is 370 g/mol. The van der Waals surface area contributed by atoms with Crippen LogP contribution >= 0.6 is 0 Å². The lowest BCUT2D eigenvalue weighted by molar-refractivity contribution is -0.119. The third-order valence-corrected chi connectivity index (χ3v) is 5.59. The fourth-order valence-corrected chi connectivity index (χ4v) is 4.19. The second-order valence-electron chi connectivity index (χ2n) is 6.14. The number of fused-ring (bicyclic) bond motifs is 1. The van der Waals surface area contributed by atoms with Gasteiger partial charge >= 0.3 is 0 Å². The van der Waals surface area contributed by atoms with Gasteiger partial charge in [0.1, 0.15) is 11.5 Å². The minimum Gasteiger partial charge on any atom is -0.493 e. The number of hydrogen-bond donors (Lipinski definition) is 1. The van der Waals surface area contributed by atoms with Crippen LogP contribution in [0.3, 0.4) is 0 Å². The van der Waals surface area contributed by atoms with E-state index in [0.717, 1.165) is 5.56 Å². The Morgan fingerprint density at radius 2 is 1.92 bits per heavy atom. The molecule has 1 heterocycles. The molecule has 26 heavy (non-hydrogen) atoms. The summed E-state index contributed by atoms with van der Waals surface area (Å²) in [7, 11) is -3.61. The Hall–Kier alpha value is -2.85. The van der Waals surface area contributed by atoms with Crippen molar-refractivity contribution in [1.29, 1.82) is 5.26 Å². The second kappa shape index (κ2) is 7.58. The number of benzene rings is 2. The molecule has 0 aromatic heterocycles. The normalized spacial score (nSPS) is 16.0. The highest BCUT2D eigenvalue weighted by molar-refractivity contribution is 7.91. The first-order valence-corrected chi connectivity index (χ1v) is 9.99. The zero-order valence-corrected chi connectivity index (χ0v) is 14.8. The molecule has 1 aliphatic rings. The van der Waals surface area contributed by atoms with Gasteiger partial charge in [0, 0.05) is 12.0 Å². The Bertz CT molecular complexity index is 946. The Kier molecular flexibility index (Phi) is 5.24. The number of hydrogen-bond acceptors (Lipinski definition) is 5. The molecule has 0 spiro atoms. The molecule has 7 heteroatoms. The van der Waals surface area contributed by atoms with Crippen LogP contribution in [0.1, 0.15) is 29.2 Å². The fraction of sp³-hybridized carbons (Fsp3) is 0.263. The lowest BCUT2D eigenvalue weighted by atomic mass is 10.0. The number of para-hydroxylation sites is 1. The molecule has 0 radical (unpaired) electrons. The first-order valence-electron chi connectivity index (χ1n) is 8.17. The number of nitrogens with zero attached hydrogens (tertiary/aromatic N) is 1. The van der Waals surface area contributed by atoms with Gasteiger partial charge in [-0.1, -0.05) is 30.3 Å². The van der Waals surface area contributed by atoms with Gasteiger partial charge in [0.2, 0.25) is 5.91 Å². The summed E-state index contributed by atoms with van der Waals surface area (Å²) in [5.41, 5.74) is 1.87. The van der Waals surface area contributed by atoms with E-state index in [1.54, 1.807) is 24.3 Å². The number of carbonyl (C=O) groups excluding carboxylic acids is 1. The summed E-state index contributed by atoms with van der Waals surface area (Å²) in [6, 6.07) is 15.4. The number of nitriles is 1. The van der Waals surface area contributed by atoms with E-state index < -0.39 is 21.5 Å². The smallest absolute Gasteiger partial charge is 0.235 e. The van der Waals surface area contributed by atoms with Gasteiger partial charge in [-0.3, -0.25) is 4.79 Å². The van der Waals surface area contributed by atoms with Gasteiger partial charge in [-0.25, -0.2) is 8.42 Å². The van der Waals surface area contributed by atoms with Crippen LogP contribution in [0.4, 0.5) is 0 Å². The third kappa shape index (κ3) is 4.41. The molecule has 2 aromatic carbocycles. The predicted octanol–water partition coefficient (Wildman–Crippen LogP) is 2.11. The summed E-state index contributed by atoms with van der Waals surface area (Å²) in [6.07, 6.45) is 0.596. The van der Waals surface area contributed by atoms with Crippen molar-refractivity contribution in [2.75, 3.05) is 12.4 Å². The van der Waals surface area contributed by atoms with E-state index in [1.165, 1.54) is 0 Å². The van der Waals surface area contributed by atoms with E-state index in [9.17, 15) is 13.2 Å². The molecule has 1 aliphatic heterocycles. The molecule has 0 fully saturated rings. The molecule has 3 rings (SSSR count). The van der Waals surface area contributed by atoms with Gasteiger partial charge in [-0.15, -0.1) is 0 Å². The number of sulfone groups is 1. The number of amides is 1. The van der Waals surface area contributed by atoms with E-state index in [2.05, 4.69) is 5.32 Å². The highest BCUT2D eigenvalue weighted by Gasteiger charge is 2.25. The Morgan fingerprint density at radius 3 is 2.65 bits per heavy atom. The van der Waals surface area contributed by atoms with Crippen molar-refractivity contribution in [2.24, 2.45) is 0 Å². The lowest BCUT2D eigenvalue weighted by Crippen LogP contribution is -2.36. The van der Waals surface area contributed by atoms with Crippen molar-refractivity contribution in [1.82, 2.24) is 5.32 Å². The molecule has 0 unspecified atom stereocenters. The molecule has 0 bridgehead atoms. The van der Waals surface area contributed by atoms with Gasteiger partial charge in [0.25, 0.3) is 0 Å². The van der Waals surface area contributed by atoms with Crippen LogP contribution in [0.25, 0.3) is 0 Å². The van der Waals surface area contributed by atoms with Crippen LogP contribution in [0, 0.1) is 11.3 Å². The number of rotatable bonds is 5. The van der Waals surface area contributed by atoms with Crippen LogP contribution in [0.5, 0.6) is 5.75 Å². The maximum Gasteiger partial charge on any atom is 0.235 e. The van der Waals surface area contributed by atoms with Gasteiger partial charge in [-0.05, 0) is 23.8 Å². The summed E-state index contributed by atoms with van der Waals surface area (Å²) < 4.78 is 30.1. The van der Waals surface area contributed by atoms with Gasteiger partial charge in [0.15, 0.2) is 9.84 Å². The Morgan fingerprint density at radius 1 is 1.19 bits per heavy atom. The standard InChI is InChI=1S/C19H18N2O4S/c20-11-14-5-7-15(8-6-14)12-26(23,24)13-19(22)21-17-9-10-25-18-4-2-1-3-16(17)18/h1-8,17H,9-10,12-13H2,(H,21,22)/t17-/m0/s1. The Balaban J connectivity index is 1.63. The molecule has 1 N–H and O–H groups in total. The zero-order valence-electron chi connectivity index (χ0n) is 14.0. The largest absolute Gasteiger partial charge is 0.493 e. The summed E-state index contributed by atoms with van der Waals surface area (Å²) in [5, 5.41) is 11.6. The predicted molar refractivity (Wildman–Crippen MR) is 96.1 cm³/mol. The maximum absolute atomic E-state index is 12.3. The van der Waals surface area contributed by atoms with Crippen molar-refractivity contribution in [3.05, 3.63) is 65.2 Å². The highest BCUT2D eigenvalue weighted by atomic mass is 32.2. The minimum atomic E-state index is -3.61. The molecule has 6 nitrogen and oxygen atoms in total. The fourth-order valence-electron chi connectivity index (χ4n) is 2.91. The second-order valence-corrected chi connectivity index (χ2v) is 8.20. The van der Waals surface area contributed by atoms with Crippen LogP contribution in [-0.2, 0) is 20.4 Å². The van der Waals surface area contributed by atoms with E-state index in [0.29, 0.717) is 29.9 Å². The summed E-state index contributed by atoms with van der Waals surface area (Å²) in [5.74, 6) is -0.631. The molecular formula is C19H18N2O4S. The SMILES string of the molecule is N#Cc1ccc(CS(=O)(=O)CC(=O)N[C@H]2CCOc3ccccc32)cc1. The first kappa shape index (κ1) is 18.0. The Labute approximate surface area is 152 Å². The number of carbonyl (C=O) groups is 1. The van der Waals surface area contributed by atoms with E-state index in [4.69, 9.17) is 10.00 Å². The van der Waals surface area contributed by atoms with Crippen LogP contribution in [0.15, 0.2) is 48.5 Å². The first-order chi connectivity index (χ1) is 12.5. The lowest BCUT2D eigenvalue weighted by Gasteiger charge is -2.26. The van der Waals surface area contributed by atoms with Crippen molar-refractivity contribution in [2.45, 2.75) is 18.2 Å². The summed E-state index contributed by atoms with van der Waals surface area (Å²) in [6.45, 7) is 0.472. The molecule has 0 aliphatic carbocycles. The van der Waals surface area contributed by atoms with Gasteiger partial charge in [0.05, 0.1) is 30.0 Å². The van der Waals surface area contributed by atoms with Gasteiger partial charge < -0.3 is 10.1 Å². The number of nitrogens with one attached hydrogen (secondary N) is 1. The van der Waals surface area contributed by atoms with E-state index in [-0.39, 0.29) is 11.8 Å². The molecular weight excluding hydrogens is 352 g/mol. The van der Waals surface area contributed by atoms with E-state index >= 15 is 0 Å². The molecule has 1 atom stereocenters. The average Bonchev–Trinajstić information content (AvgIpc) is 2.62. The van der Waals surface area contributed by atoms with Crippen molar-refractivity contribution in [3.8, 4) is 11.8 Å². The van der Waals surface area contributed by atoms with Crippen molar-refractivity contribution in [3.63, 3.8) is 0 Å². The van der Waals surface area contributed by atoms with Crippen LogP contribution in [0.2, 0.25) is 0 Å². The zero-order chi connectivity index (χ0) is 18.6. The third-order valence-electron chi connectivity index (χ3n) is 4.11. The average molecular weight is 370 g/mol. The minimum absolute atomic E-state index is 0.240. The van der Waals surface area contributed by atoms with Crippen LogP contribution in [-0.4, -0.2) is 26.7 Å². The number of ether oxygens (including phenoxy) is 1. The quantitative estimate of drug-likeness (QED) is 0.870. The topological polar surface area (TPSA) is 96.3 Å². The molecule has 1 amide bonds. The van der Waals surface area contributed by atoms with Crippen molar-refractivity contribution >= 4 is 15.7 Å². The molecule has 134 valence electrons. The van der Waals surface area contributed by atoms with Gasteiger partial charge in [-0.2, -0.15) is 5.26 Å². The van der Waals surface area contributed by atoms with Crippen molar-refractivity contribution < 1.29 is 17.9 Å². The van der Waals surface area contributed by atoms with E-state index in [1.807, 2.05) is 30.3 Å². The summed E-state index contributed by atoms with van der Waals surface area (Å²) in [4.78, 5) is 12.3. The highest BCUT2D eigenvalue weighted by Crippen LogP contribution is 2.31.